The van der Waals surface area contributed by atoms with Gasteiger partial charge in [0.2, 0.25) is 5.91 Å². The fourth-order valence-corrected chi connectivity index (χ4v) is 1.04. The summed E-state index contributed by atoms with van der Waals surface area (Å²) in [5, 5.41) is 13.0. The summed E-state index contributed by atoms with van der Waals surface area (Å²) in [6.07, 6.45) is 0. The van der Waals surface area contributed by atoms with Crippen LogP contribution in [0.4, 0.5) is 10.1 Å². The van der Waals surface area contributed by atoms with Crippen molar-refractivity contribution in [3.63, 3.8) is 0 Å². The van der Waals surface area contributed by atoms with Crippen LogP contribution in [0.1, 0.15) is 0 Å². The van der Waals surface area contributed by atoms with Crippen molar-refractivity contribution in [2.75, 3.05) is 18.4 Å². The van der Waals surface area contributed by atoms with Crippen LogP contribution in [0.5, 0.6) is 0 Å². The molecule has 5 nitrogen and oxygen atoms in total. The monoisotopic (exact) mass is 226 g/mol. The van der Waals surface area contributed by atoms with Gasteiger partial charge in [-0.05, 0) is 12.1 Å². The fraction of sp³-hybridized carbons (Fsp3) is 0.200. The summed E-state index contributed by atoms with van der Waals surface area (Å²) in [6.45, 7) is -0.495. The van der Waals surface area contributed by atoms with Gasteiger partial charge in [0.1, 0.15) is 5.82 Å². The highest BCUT2D eigenvalue weighted by Gasteiger charge is 2.06. The van der Waals surface area contributed by atoms with Crippen LogP contribution >= 0.6 is 0 Å². The molecule has 16 heavy (non-hydrogen) atoms. The summed E-state index contributed by atoms with van der Waals surface area (Å²) in [6, 6.07) is 5.74. The van der Waals surface area contributed by atoms with E-state index in [2.05, 4.69) is 10.6 Å². The Balaban J connectivity index is 2.40. The second-order valence-electron chi connectivity index (χ2n) is 3.03. The quantitative estimate of drug-likeness (QED) is 0.680. The number of carboxylic acids is 1. The second-order valence-corrected chi connectivity index (χ2v) is 3.03. The van der Waals surface area contributed by atoms with Crippen LogP contribution in [0.3, 0.4) is 0 Å². The van der Waals surface area contributed by atoms with E-state index in [4.69, 9.17) is 5.11 Å². The first-order chi connectivity index (χ1) is 7.59. The largest absolute Gasteiger partial charge is 0.480 e. The third kappa shape index (κ3) is 4.05. The smallest absolute Gasteiger partial charge is 0.317 e. The van der Waals surface area contributed by atoms with Crippen LogP contribution in [0.15, 0.2) is 24.3 Å². The number of anilines is 1. The average Bonchev–Trinajstić information content (AvgIpc) is 2.21. The van der Waals surface area contributed by atoms with Gasteiger partial charge in [-0.15, -0.1) is 0 Å². The van der Waals surface area contributed by atoms with Crippen molar-refractivity contribution in [3.05, 3.63) is 30.1 Å². The van der Waals surface area contributed by atoms with E-state index in [1.54, 1.807) is 6.07 Å². The van der Waals surface area contributed by atoms with Gasteiger partial charge in [0.15, 0.2) is 0 Å². The maximum Gasteiger partial charge on any atom is 0.317 e. The molecule has 0 saturated carbocycles. The minimum Gasteiger partial charge on any atom is -0.480 e. The zero-order valence-electron chi connectivity index (χ0n) is 8.37. The molecule has 0 aliphatic carbocycles. The molecule has 0 atom stereocenters. The zero-order chi connectivity index (χ0) is 12.0. The highest BCUT2D eigenvalue weighted by atomic mass is 19.1. The van der Waals surface area contributed by atoms with Crippen molar-refractivity contribution in [1.29, 1.82) is 0 Å². The molecule has 0 saturated heterocycles. The molecule has 0 heterocycles. The number of benzene rings is 1. The molecule has 0 unspecified atom stereocenters. The zero-order valence-corrected chi connectivity index (χ0v) is 8.37. The number of halogens is 1. The van der Waals surface area contributed by atoms with Crippen molar-refractivity contribution < 1.29 is 19.1 Å². The van der Waals surface area contributed by atoms with E-state index >= 15 is 0 Å². The minimum absolute atomic E-state index is 0.0737. The van der Waals surface area contributed by atoms with Crippen molar-refractivity contribution in [3.8, 4) is 0 Å². The third-order valence-corrected chi connectivity index (χ3v) is 1.71. The number of carbonyl (C=O) groups excluding carboxylic acids is 1. The normalized spacial score (nSPS) is 9.81. The Hall–Kier alpha value is -1.95. The summed E-state index contributed by atoms with van der Waals surface area (Å²) in [4.78, 5) is 21.4. The summed E-state index contributed by atoms with van der Waals surface area (Å²) in [5.74, 6) is -2.08. The number of hydrogen-bond acceptors (Lipinski definition) is 3. The predicted molar refractivity (Wildman–Crippen MR) is 55.5 cm³/mol. The van der Waals surface area contributed by atoms with Gasteiger partial charge in [-0.2, -0.15) is 0 Å². The molecule has 1 rings (SSSR count). The van der Waals surface area contributed by atoms with Crippen LogP contribution in [0, 0.1) is 5.82 Å². The number of hydrogen-bond donors (Lipinski definition) is 3. The van der Waals surface area contributed by atoms with E-state index in [0.717, 1.165) is 0 Å². The van der Waals surface area contributed by atoms with Crippen molar-refractivity contribution >= 4 is 17.6 Å². The molecule has 0 radical (unpaired) electrons. The van der Waals surface area contributed by atoms with Gasteiger partial charge in [-0.3, -0.25) is 14.9 Å². The third-order valence-electron chi connectivity index (χ3n) is 1.71. The van der Waals surface area contributed by atoms with E-state index in [0.29, 0.717) is 0 Å². The standard InChI is InChI=1S/C10H11FN2O3/c11-7-3-1-2-4-8(7)13-9(14)5-12-6-10(15)16/h1-4,12H,5-6H2,(H,13,14)(H,15,16). The number of amides is 1. The lowest BCUT2D eigenvalue weighted by molar-refractivity contribution is -0.135. The number of aliphatic carboxylic acids is 1. The number of carboxylic acid groups (broad SMARTS) is 1. The Labute approximate surface area is 91.3 Å². The van der Waals surface area contributed by atoms with Gasteiger partial charge >= 0.3 is 5.97 Å². The molecule has 1 amide bonds. The van der Waals surface area contributed by atoms with Crippen molar-refractivity contribution in [2.45, 2.75) is 0 Å². The lowest BCUT2D eigenvalue weighted by Crippen LogP contribution is -2.32. The first-order valence-electron chi connectivity index (χ1n) is 4.56. The summed E-state index contributed by atoms with van der Waals surface area (Å²) < 4.78 is 13.1. The van der Waals surface area contributed by atoms with Crippen LogP contribution in [0.2, 0.25) is 0 Å². The van der Waals surface area contributed by atoms with E-state index < -0.39 is 17.7 Å². The summed E-state index contributed by atoms with van der Waals surface area (Å²) >= 11 is 0. The lowest BCUT2D eigenvalue weighted by atomic mass is 10.3. The van der Waals surface area contributed by atoms with Crippen LogP contribution < -0.4 is 10.6 Å². The van der Waals surface area contributed by atoms with Gasteiger partial charge in [-0.1, -0.05) is 12.1 Å². The minimum atomic E-state index is -1.06. The van der Waals surface area contributed by atoms with Crippen LogP contribution in [-0.2, 0) is 9.59 Å². The van der Waals surface area contributed by atoms with Gasteiger partial charge in [0.05, 0.1) is 18.8 Å². The average molecular weight is 226 g/mol. The van der Waals surface area contributed by atoms with Crippen LogP contribution in [-0.4, -0.2) is 30.1 Å². The Morgan fingerprint density at radius 2 is 1.94 bits per heavy atom. The van der Waals surface area contributed by atoms with E-state index in [-0.39, 0.29) is 18.8 Å². The maximum atomic E-state index is 13.1. The van der Waals surface area contributed by atoms with Crippen molar-refractivity contribution in [2.24, 2.45) is 0 Å². The number of para-hydroxylation sites is 1. The molecule has 1 aromatic carbocycles. The van der Waals surface area contributed by atoms with Crippen molar-refractivity contribution in [1.82, 2.24) is 5.32 Å². The lowest BCUT2D eigenvalue weighted by Gasteiger charge is -2.05. The van der Waals surface area contributed by atoms with E-state index in [1.807, 2.05) is 0 Å². The van der Waals surface area contributed by atoms with Crippen LogP contribution in [0.25, 0.3) is 0 Å². The first kappa shape index (κ1) is 12.1. The predicted octanol–water partition coefficient (Wildman–Crippen LogP) is 0.438. The molecule has 0 aliphatic rings. The SMILES string of the molecule is O=C(O)CNCC(=O)Nc1ccccc1F. The summed E-state index contributed by atoms with van der Waals surface area (Å²) in [5.41, 5.74) is 0.0737. The molecule has 86 valence electrons. The number of rotatable bonds is 5. The highest BCUT2D eigenvalue weighted by Crippen LogP contribution is 2.11. The Bertz CT molecular complexity index is 395. The fourth-order valence-electron chi connectivity index (χ4n) is 1.04. The van der Waals surface area contributed by atoms with Gasteiger partial charge in [0.25, 0.3) is 0 Å². The molecule has 0 fully saturated rings. The topological polar surface area (TPSA) is 78.4 Å². The molecule has 0 bridgehead atoms. The molecular formula is C10H11FN2O3. The molecule has 0 aromatic heterocycles. The Kier molecular flexibility index (Phi) is 4.41. The van der Waals surface area contributed by atoms with Gasteiger partial charge in [-0.25, -0.2) is 4.39 Å². The van der Waals surface area contributed by atoms with E-state index in [9.17, 15) is 14.0 Å². The van der Waals surface area contributed by atoms with Gasteiger partial charge < -0.3 is 10.4 Å². The molecule has 1 aromatic rings. The first-order valence-corrected chi connectivity index (χ1v) is 4.56. The highest BCUT2D eigenvalue weighted by molar-refractivity contribution is 5.92. The number of nitrogens with one attached hydrogen (secondary N) is 2. The molecule has 0 aliphatic heterocycles. The molecule has 0 spiro atoms. The molecular weight excluding hydrogens is 215 g/mol. The molecule has 6 heteroatoms. The van der Waals surface area contributed by atoms with E-state index in [1.165, 1.54) is 18.2 Å². The second kappa shape index (κ2) is 5.82. The number of carbonyl (C=O) groups is 2. The maximum absolute atomic E-state index is 13.1. The molecule has 3 N–H and O–H groups in total. The Morgan fingerprint density at radius 1 is 1.25 bits per heavy atom. The summed E-state index contributed by atoms with van der Waals surface area (Å²) in [7, 11) is 0. The van der Waals surface area contributed by atoms with Gasteiger partial charge in [0, 0.05) is 0 Å². The Morgan fingerprint density at radius 3 is 2.56 bits per heavy atom.